The largest absolute Gasteiger partial charge is 0.417 e. The molecule has 1 fully saturated rings. The predicted octanol–water partition coefficient (Wildman–Crippen LogP) is 3.69. The minimum atomic E-state index is -4.72. The molecule has 24 heavy (non-hydrogen) atoms. The SMILES string of the molecule is CN(C)C=Nc1cc(N=S2(=O)CCCC2)cc(C(F)(F)F)c1C#N. The molecular weight excluding hydrogens is 341 g/mol. The first-order valence-corrected chi connectivity index (χ1v) is 9.08. The number of nitrogens with zero attached hydrogens (tertiary/aromatic N) is 4. The zero-order chi connectivity index (χ0) is 18.0. The standard InChI is InChI=1S/C15H17F3N4OS/c1-22(2)10-20-14-8-11(21-24(23)5-3-4-6-24)7-13(12(14)9-19)15(16,17)18/h7-8,10H,3-6H2,1-2H3. The topological polar surface area (TPSA) is 68.8 Å². The van der Waals surface area contributed by atoms with Gasteiger partial charge < -0.3 is 4.90 Å². The lowest BCUT2D eigenvalue weighted by Gasteiger charge is -2.12. The second kappa shape index (κ2) is 6.81. The van der Waals surface area contributed by atoms with Gasteiger partial charge in [0.15, 0.2) is 0 Å². The van der Waals surface area contributed by atoms with Gasteiger partial charge in [0.05, 0.1) is 38.6 Å². The van der Waals surface area contributed by atoms with Crippen molar-refractivity contribution in [2.75, 3.05) is 25.6 Å². The Morgan fingerprint density at radius 1 is 1.29 bits per heavy atom. The Balaban J connectivity index is 2.68. The summed E-state index contributed by atoms with van der Waals surface area (Å²) < 4.78 is 56.4. The highest BCUT2D eigenvalue weighted by Gasteiger charge is 2.35. The van der Waals surface area contributed by atoms with Crippen molar-refractivity contribution < 1.29 is 17.4 Å². The van der Waals surface area contributed by atoms with Gasteiger partial charge in [-0.2, -0.15) is 22.8 Å². The summed E-state index contributed by atoms with van der Waals surface area (Å²) in [4.78, 5) is 5.47. The van der Waals surface area contributed by atoms with Crippen molar-refractivity contribution in [3.05, 3.63) is 23.3 Å². The third-order valence-electron chi connectivity index (χ3n) is 3.40. The molecule has 1 aliphatic rings. The van der Waals surface area contributed by atoms with Gasteiger partial charge in [0.1, 0.15) is 6.07 Å². The smallest absolute Gasteiger partial charge is 0.369 e. The molecule has 0 aliphatic carbocycles. The molecule has 0 aromatic heterocycles. The molecule has 2 rings (SSSR count). The molecule has 1 aromatic rings. The second-order valence-corrected chi connectivity index (χ2v) is 8.23. The molecule has 1 aromatic carbocycles. The van der Waals surface area contributed by atoms with Crippen molar-refractivity contribution in [3.8, 4) is 6.07 Å². The van der Waals surface area contributed by atoms with E-state index in [1.165, 1.54) is 17.3 Å². The van der Waals surface area contributed by atoms with Crippen LogP contribution in [0, 0.1) is 11.3 Å². The Labute approximate surface area is 139 Å². The van der Waals surface area contributed by atoms with Crippen molar-refractivity contribution in [3.63, 3.8) is 0 Å². The van der Waals surface area contributed by atoms with E-state index in [-0.39, 0.29) is 11.4 Å². The molecule has 1 saturated heterocycles. The van der Waals surface area contributed by atoms with E-state index in [0.29, 0.717) is 11.5 Å². The van der Waals surface area contributed by atoms with Crippen LogP contribution in [0.15, 0.2) is 21.5 Å². The number of aliphatic imine (C=N–C) groups is 1. The molecule has 1 heterocycles. The van der Waals surface area contributed by atoms with E-state index in [2.05, 4.69) is 9.36 Å². The normalized spacial score (nSPS) is 17.0. The lowest BCUT2D eigenvalue weighted by atomic mass is 10.0. The molecular formula is C15H17F3N4OS. The highest BCUT2D eigenvalue weighted by atomic mass is 32.2. The summed E-state index contributed by atoms with van der Waals surface area (Å²) in [6.07, 6.45) is -1.93. The van der Waals surface area contributed by atoms with Crippen LogP contribution in [-0.4, -0.2) is 41.0 Å². The summed E-state index contributed by atoms with van der Waals surface area (Å²) in [7, 11) is 0.789. The molecule has 5 nitrogen and oxygen atoms in total. The average Bonchev–Trinajstić information content (AvgIpc) is 2.89. The Morgan fingerprint density at radius 2 is 1.92 bits per heavy atom. The Hall–Kier alpha value is -2.08. The number of nitriles is 1. The van der Waals surface area contributed by atoms with Gasteiger partial charge in [-0.15, -0.1) is 0 Å². The Morgan fingerprint density at radius 3 is 2.42 bits per heavy atom. The molecule has 0 N–H and O–H groups in total. The van der Waals surface area contributed by atoms with Crippen molar-refractivity contribution in [2.24, 2.45) is 9.36 Å². The van der Waals surface area contributed by atoms with E-state index in [9.17, 15) is 17.4 Å². The quantitative estimate of drug-likeness (QED) is 0.611. The van der Waals surface area contributed by atoms with Crippen molar-refractivity contribution in [2.45, 2.75) is 19.0 Å². The Bertz CT molecular complexity index is 803. The van der Waals surface area contributed by atoms with Gasteiger partial charge in [-0.3, -0.25) is 0 Å². The molecule has 0 amide bonds. The summed E-state index contributed by atoms with van der Waals surface area (Å²) in [6.45, 7) is 0. The van der Waals surface area contributed by atoms with Gasteiger partial charge in [-0.25, -0.2) is 9.20 Å². The van der Waals surface area contributed by atoms with Crippen LogP contribution >= 0.6 is 0 Å². The fraction of sp³-hybridized carbons (Fsp3) is 0.467. The molecule has 0 unspecified atom stereocenters. The van der Waals surface area contributed by atoms with Gasteiger partial charge in [-0.05, 0) is 25.0 Å². The van der Waals surface area contributed by atoms with Crippen LogP contribution in [0.2, 0.25) is 0 Å². The number of alkyl halides is 3. The average molecular weight is 358 g/mol. The Kier molecular flexibility index (Phi) is 5.18. The maximum absolute atomic E-state index is 13.3. The van der Waals surface area contributed by atoms with Crippen molar-refractivity contribution in [1.82, 2.24) is 4.90 Å². The summed E-state index contributed by atoms with van der Waals surface area (Å²) in [5.74, 6) is 0.759. The molecule has 0 spiro atoms. The maximum Gasteiger partial charge on any atom is 0.417 e. The lowest BCUT2D eigenvalue weighted by molar-refractivity contribution is -0.137. The monoisotopic (exact) mass is 358 g/mol. The van der Waals surface area contributed by atoms with E-state index in [4.69, 9.17) is 5.26 Å². The maximum atomic E-state index is 13.3. The first-order valence-electron chi connectivity index (χ1n) is 7.23. The van der Waals surface area contributed by atoms with Crippen LogP contribution in [0.3, 0.4) is 0 Å². The zero-order valence-corrected chi connectivity index (χ0v) is 14.1. The number of hydrogen-bond acceptors (Lipinski definition) is 4. The summed E-state index contributed by atoms with van der Waals surface area (Å²) in [6, 6.07) is 3.61. The fourth-order valence-electron chi connectivity index (χ4n) is 2.33. The van der Waals surface area contributed by atoms with Crippen molar-refractivity contribution >= 4 is 27.4 Å². The second-order valence-electron chi connectivity index (χ2n) is 5.68. The first kappa shape index (κ1) is 18.3. The molecule has 9 heteroatoms. The van der Waals surface area contributed by atoms with Gasteiger partial charge >= 0.3 is 6.18 Å². The van der Waals surface area contributed by atoms with Gasteiger partial charge in [0.25, 0.3) is 0 Å². The van der Waals surface area contributed by atoms with E-state index in [1.807, 2.05) is 0 Å². The third-order valence-corrected chi connectivity index (χ3v) is 5.79. The number of rotatable bonds is 3. The van der Waals surface area contributed by atoms with Gasteiger partial charge in [0, 0.05) is 25.6 Å². The number of hydrogen-bond donors (Lipinski definition) is 0. The zero-order valence-electron chi connectivity index (χ0n) is 13.3. The van der Waals surface area contributed by atoms with Gasteiger partial charge in [0.2, 0.25) is 0 Å². The van der Waals surface area contributed by atoms with Crippen molar-refractivity contribution in [1.29, 1.82) is 5.26 Å². The van der Waals surface area contributed by atoms with E-state index in [1.54, 1.807) is 20.2 Å². The molecule has 0 saturated carbocycles. The molecule has 1 aliphatic heterocycles. The lowest BCUT2D eigenvalue weighted by Crippen LogP contribution is -2.09. The first-order chi connectivity index (χ1) is 11.1. The van der Waals surface area contributed by atoms with E-state index in [0.717, 1.165) is 18.9 Å². The van der Waals surface area contributed by atoms with Crippen LogP contribution in [0.5, 0.6) is 0 Å². The van der Waals surface area contributed by atoms with Crippen LogP contribution in [0.25, 0.3) is 0 Å². The number of halogens is 3. The minimum absolute atomic E-state index is 0.0564. The van der Waals surface area contributed by atoms with E-state index < -0.39 is 27.0 Å². The summed E-state index contributed by atoms with van der Waals surface area (Å²) >= 11 is 0. The van der Waals surface area contributed by atoms with E-state index >= 15 is 0 Å². The summed E-state index contributed by atoms with van der Waals surface area (Å²) in [5.41, 5.74) is -1.88. The molecule has 0 radical (unpaired) electrons. The molecule has 0 atom stereocenters. The fourth-order valence-corrected chi connectivity index (χ4v) is 4.51. The van der Waals surface area contributed by atoms with Gasteiger partial charge in [-0.1, -0.05) is 0 Å². The predicted molar refractivity (Wildman–Crippen MR) is 87.2 cm³/mol. The highest BCUT2D eigenvalue weighted by Crippen LogP contribution is 2.39. The molecule has 130 valence electrons. The van der Waals surface area contributed by atoms with Crippen LogP contribution in [0.1, 0.15) is 24.0 Å². The number of benzene rings is 1. The molecule has 0 bridgehead atoms. The third kappa shape index (κ3) is 4.26. The highest BCUT2D eigenvalue weighted by molar-refractivity contribution is 7.93. The minimum Gasteiger partial charge on any atom is -0.369 e. The van der Waals surface area contributed by atoms with Crippen LogP contribution in [0.4, 0.5) is 24.5 Å². The van der Waals surface area contributed by atoms with Crippen LogP contribution in [-0.2, 0) is 15.9 Å². The summed E-state index contributed by atoms with van der Waals surface area (Å²) in [5, 5.41) is 9.13. The van der Waals surface area contributed by atoms with Crippen LogP contribution < -0.4 is 0 Å².